The van der Waals surface area contributed by atoms with Gasteiger partial charge in [-0.05, 0) is 36.8 Å². The summed E-state index contributed by atoms with van der Waals surface area (Å²) >= 11 is 6.53. The van der Waals surface area contributed by atoms with Gasteiger partial charge in [0.2, 0.25) is 0 Å². The Morgan fingerprint density at radius 1 is 1.21 bits per heavy atom. The van der Waals surface area contributed by atoms with Crippen LogP contribution in [0.15, 0.2) is 48.5 Å². The number of likely N-dealkylation sites (tertiary alicyclic amines) is 1. The molecular weight excluding hydrogens is 520 g/mol. The van der Waals surface area contributed by atoms with Gasteiger partial charge in [-0.2, -0.15) is 0 Å². The van der Waals surface area contributed by atoms with Crippen LogP contribution in [0.1, 0.15) is 18.4 Å². The highest BCUT2D eigenvalue weighted by molar-refractivity contribution is 6.34. The predicted molar refractivity (Wildman–Crippen MR) is 139 cm³/mol. The van der Waals surface area contributed by atoms with Crippen molar-refractivity contribution >= 4 is 23.4 Å². The van der Waals surface area contributed by atoms with Crippen molar-refractivity contribution in [2.75, 3.05) is 45.3 Å². The highest BCUT2D eigenvalue weighted by atomic mass is 35.5. The average molecular weight is 550 g/mol. The summed E-state index contributed by atoms with van der Waals surface area (Å²) in [5, 5.41) is 19.7. The van der Waals surface area contributed by atoms with E-state index in [0.29, 0.717) is 37.5 Å². The molecule has 1 saturated heterocycles. The number of aliphatic hydroxyl groups excluding tert-OH is 1. The van der Waals surface area contributed by atoms with E-state index >= 15 is 0 Å². The summed E-state index contributed by atoms with van der Waals surface area (Å²) < 4.78 is 40.1. The van der Waals surface area contributed by atoms with Crippen molar-refractivity contribution in [3.05, 3.63) is 70.8 Å². The molecule has 0 radical (unpaired) electrons. The van der Waals surface area contributed by atoms with Crippen LogP contribution in [0.25, 0.3) is 5.69 Å². The van der Waals surface area contributed by atoms with E-state index in [2.05, 4.69) is 20.6 Å². The Balaban J connectivity index is 1.57. The minimum Gasteiger partial charge on any atom is -0.473 e. The molecule has 1 aromatic heterocycles. The molecule has 4 rings (SSSR count). The van der Waals surface area contributed by atoms with Crippen LogP contribution in [0.5, 0.6) is 5.88 Å². The number of hydrogen-bond acceptors (Lipinski definition) is 6. The first kappa shape index (κ1) is 27.8. The number of aromatic nitrogens is 2. The number of aliphatic hydroxyl groups is 1. The van der Waals surface area contributed by atoms with Gasteiger partial charge in [-0.25, -0.2) is 18.3 Å². The SMILES string of the molecule is COCCN1C[C@@H](NC(=O)Nc2c(Cl)c(OC[C@@H](C)O)nn2-c2ccccc2)[C@H](c2cc(F)cc(F)c2)C1. The van der Waals surface area contributed by atoms with Crippen LogP contribution in [0, 0.1) is 11.6 Å². The van der Waals surface area contributed by atoms with E-state index < -0.39 is 29.8 Å². The number of methoxy groups -OCH3 is 1. The summed E-state index contributed by atoms with van der Waals surface area (Å²) in [6.45, 7) is 3.53. The molecule has 0 spiro atoms. The van der Waals surface area contributed by atoms with Crippen LogP contribution in [-0.2, 0) is 4.74 Å². The third-order valence-corrected chi connectivity index (χ3v) is 6.47. The fourth-order valence-electron chi connectivity index (χ4n) is 4.41. The quantitative estimate of drug-likeness (QED) is 0.356. The van der Waals surface area contributed by atoms with Crippen LogP contribution >= 0.6 is 11.6 Å². The van der Waals surface area contributed by atoms with E-state index in [0.717, 1.165) is 6.07 Å². The van der Waals surface area contributed by atoms with Crippen molar-refractivity contribution in [2.24, 2.45) is 0 Å². The highest BCUT2D eigenvalue weighted by Gasteiger charge is 2.35. The number of nitrogens with one attached hydrogen (secondary N) is 2. The Bertz CT molecular complexity index is 1220. The monoisotopic (exact) mass is 549 g/mol. The molecule has 3 atom stereocenters. The topological polar surface area (TPSA) is 101 Å². The summed E-state index contributed by atoms with van der Waals surface area (Å²) in [6.07, 6.45) is -0.749. The van der Waals surface area contributed by atoms with Crippen LogP contribution in [-0.4, -0.2) is 77.9 Å². The summed E-state index contributed by atoms with van der Waals surface area (Å²) in [5.74, 6) is -1.50. The van der Waals surface area contributed by atoms with E-state index in [1.165, 1.54) is 16.8 Å². The summed E-state index contributed by atoms with van der Waals surface area (Å²) in [7, 11) is 1.59. The lowest BCUT2D eigenvalue weighted by atomic mass is 9.94. The molecule has 1 aliphatic heterocycles. The number of nitrogens with zero attached hydrogens (tertiary/aromatic N) is 3. The second-order valence-electron chi connectivity index (χ2n) is 9.14. The number of carbonyl (C=O) groups is 1. The fraction of sp³-hybridized carbons (Fsp3) is 0.385. The number of hydrogen-bond donors (Lipinski definition) is 3. The first-order valence-electron chi connectivity index (χ1n) is 12.1. The van der Waals surface area contributed by atoms with Crippen molar-refractivity contribution in [1.29, 1.82) is 0 Å². The molecule has 2 aromatic carbocycles. The van der Waals surface area contributed by atoms with Gasteiger partial charge in [0.15, 0.2) is 5.82 Å². The van der Waals surface area contributed by atoms with E-state index in [1.807, 2.05) is 6.07 Å². The fourth-order valence-corrected chi connectivity index (χ4v) is 4.63. The van der Waals surface area contributed by atoms with Crippen molar-refractivity contribution < 1.29 is 28.2 Å². The maximum atomic E-state index is 14.0. The van der Waals surface area contributed by atoms with Gasteiger partial charge in [0.05, 0.1) is 24.4 Å². The van der Waals surface area contributed by atoms with Crippen LogP contribution in [0.4, 0.5) is 19.4 Å². The van der Waals surface area contributed by atoms with Crippen molar-refractivity contribution in [3.63, 3.8) is 0 Å². The number of para-hydroxylation sites is 1. The molecule has 2 amide bonds. The van der Waals surface area contributed by atoms with E-state index in [9.17, 15) is 18.7 Å². The molecule has 9 nitrogen and oxygen atoms in total. The van der Waals surface area contributed by atoms with Crippen LogP contribution in [0.2, 0.25) is 5.02 Å². The second-order valence-corrected chi connectivity index (χ2v) is 9.52. The lowest BCUT2D eigenvalue weighted by Gasteiger charge is -2.21. The minimum absolute atomic E-state index is 0.0393. The summed E-state index contributed by atoms with van der Waals surface area (Å²) in [5.41, 5.74) is 1.07. The zero-order chi connectivity index (χ0) is 27.2. The van der Waals surface area contributed by atoms with E-state index in [1.54, 1.807) is 38.3 Å². The summed E-state index contributed by atoms with van der Waals surface area (Å²) in [6, 6.07) is 11.4. The Hall–Kier alpha value is -3.25. The number of halogens is 3. The smallest absolute Gasteiger partial charge is 0.320 e. The Kier molecular flexibility index (Phi) is 9.16. The highest BCUT2D eigenvalue weighted by Crippen LogP contribution is 2.34. The van der Waals surface area contributed by atoms with Gasteiger partial charge in [-0.3, -0.25) is 10.2 Å². The molecule has 0 aliphatic carbocycles. The number of amides is 2. The Morgan fingerprint density at radius 2 is 1.92 bits per heavy atom. The number of carbonyl (C=O) groups excluding carboxylic acids is 1. The molecule has 0 unspecified atom stereocenters. The van der Waals surface area contributed by atoms with Gasteiger partial charge in [0.1, 0.15) is 23.3 Å². The molecule has 3 aromatic rings. The number of anilines is 1. The molecule has 2 heterocycles. The molecule has 204 valence electrons. The molecule has 0 saturated carbocycles. The van der Waals surface area contributed by atoms with Gasteiger partial charge in [-0.15, -0.1) is 5.10 Å². The van der Waals surface area contributed by atoms with Crippen molar-refractivity contribution in [2.45, 2.75) is 25.0 Å². The third kappa shape index (κ3) is 6.79. The van der Waals surface area contributed by atoms with E-state index in [4.69, 9.17) is 21.1 Å². The van der Waals surface area contributed by atoms with Crippen LogP contribution in [0.3, 0.4) is 0 Å². The number of urea groups is 1. The van der Waals surface area contributed by atoms with Gasteiger partial charge in [-0.1, -0.05) is 29.8 Å². The Morgan fingerprint density at radius 3 is 2.58 bits per heavy atom. The zero-order valence-corrected chi connectivity index (χ0v) is 21.8. The van der Waals surface area contributed by atoms with Gasteiger partial charge < -0.3 is 19.9 Å². The molecule has 0 bridgehead atoms. The van der Waals surface area contributed by atoms with Gasteiger partial charge in [0, 0.05) is 38.7 Å². The maximum absolute atomic E-state index is 14.0. The molecule has 3 N–H and O–H groups in total. The minimum atomic E-state index is -0.749. The summed E-state index contributed by atoms with van der Waals surface area (Å²) in [4.78, 5) is 15.3. The molecule has 12 heteroatoms. The normalized spacial score (nSPS) is 18.4. The lowest BCUT2D eigenvalue weighted by Crippen LogP contribution is -2.42. The average Bonchev–Trinajstić information content (AvgIpc) is 3.42. The number of benzene rings is 2. The molecular formula is C26H30ClF2N5O4. The second kappa shape index (κ2) is 12.5. The molecule has 1 fully saturated rings. The van der Waals surface area contributed by atoms with Crippen molar-refractivity contribution in [3.8, 4) is 11.6 Å². The molecule has 1 aliphatic rings. The maximum Gasteiger partial charge on any atom is 0.320 e. The Labute approximate surface area is 224 Å². The molecule has 38 heavy (non-hydrogen) atoms. The lowest BCUT2D eigenvalue weighted by molar-refractivity contribution is 0.119. The largest absolute Gasteiger partial charge is 0.473 e. The standard InChI is InChI=1S/C26H30ClF2N5O4/c1-16(35)15-38-25-23(27)24(34(32-25)20-6-4-3-5-7-20)31-26(36)30-22-14-33(8-9-37-2)13-21(22)17-10-18(28)12-19(29)11-17/h3-7,10-12,16,21-22,35H,8-9,13-15H2,1-2H3,(H2,30,31,36)/t16-,21+,22-/m1/s1. The zero-order valence-electron chi connectivity index (χ0n) is 21.0. The number of rotatable bonds is 10. The van der Waals surface area contributed by atoms with Crippen molar-refractivity contribution in [1.82, 2.24) is 20.0 Å². The number of ether oxygens (including phenoxy) is 2. The van der Waals surface area contributed by atoms with Gasteiger partial charge >= 0.3 is 6.03 Å². The van der Waals surface area contributed by atoms with E-state index in [-0.39, 0.29) is 29.2 Å². The first-order chi connectivity index (χ1) is 18.2. The van der Waals surface area contributed by atoms with Crippen LogP contribution < -0.4 is 15.4 Å². The third-order valence-electron chi connectivity index (χ3n) is 6.13. The first-order valence-corrected chi connectivity index (χ1v) is 12.5. The van der Waals surface area contributed by atoms with Gasteiger partial charge in [0.25, 0.3) is 5.88 Å². The predicted octanol–water partition coefficient (Wildman–Crippen LogP) is 3.80.